The molecular formula is C14H13N3O3. The molecule has 1 aromatic carbocycles. The zero-order valence-electron chi connectivity index (χ0n) is 10.9. The molecule has 0 fully saturated rings. The van der Waals surface area contributed by atoms with Gasteiger partial charge in [-0.05, 0) is 18.6 Å². The molecule has 0 aromatic heterocycles. The van der Waals surface area contributed by atoms with E-state index in [2.05, 4.69) is 10.6 Å². The highest BCUT2D eigenvalue weighted by molar-refractivity contribution is 6.15. The Morgan fingerprint density at radius 2 is 1.95 bits per heavy atom. The van der Waals surface area contributed by atoms with Crippen LogP contribution in [-0.2, 0) is 14.3 Å². The molecule has 0 aliphatic carbocycles. The van der Waals surface area contributed by atoms with Crippen molar-refractivity contribution < 1.29 is 14.3 Å². The van der Waals surface area contributed by atoms with Gasteiger partial charge in [-0.3, -0.25) is 4.79 Å². The number of rotatable bonds is 3. The van der Waals surface area contributed by atoms with Gasteiger partial charge in [-0.1, -0.05) is 19.1 Å². The third-order valence-electron chi connectivity index (χ3n) is 2.67. The summed E-state index contributed by atoms with van der Waals surface area (Å²) < 4.78 is 4.89. The normalized spacial score (nSPS) is 15.3. The van der Waals surface area contributed by atoms with Gasteiger partial charge in [0.2, 0.25) is 0 Å². The second kappa shape index (κ2) is 5.89. The monoisotopic (exact) mass is 271 g/mol. The average Bonchev–Trinajstić information content (AvgIpc) is 2.46. The van der Waals surface area contributed by atoms with E-state index in [-0.39, 0.29) is 17.9 Å². The summed E-state index contributed by atoms with van der Waals surface area (Å²) in [5.74, 6) is -1.33. The Kier molecular flexibility index (Phi) is 4.01. The minimum atomic E-state index is -0.800. The van der Waals surface area contributed by atoms with Crippen molar-refractivity contribution >= 4 is 23.3 Å². The molecule has 1 aliphatic heterocycles. The molecule has 0 saturated heterocycles. The van der Waals surface area contributed by atoms with Crippen molar-refractivity contribution in [3.05, 3.63) is 35.5 Å². The Hall–Kier alpha value is -2.81. The van der Waals surface area contributed by atoms with Gasteiger partial charge < -0.3 is 15.4 Å². The molecule has 1 aliphatic rings. The SMILES string of the molecule is CCCOC(=O)/C(C#N)=C1/Nc2ccccc2NC1=O. The Morgan fingerprint density at radius 1 is 1.30 bits per heavy atom. The summed E-state index contributed by atoms with van der Waals surface area (Å²) in [5.41, 5.74) is 0.802. The van der Waals surface area contributed by atoms with Crippen LogP contribution in [0.15, 0.2) is 35.5 Å². The van der Waals surface area contributed by atoms with Crippen LogP contribution in [0.1, 0.15) is 13.3 Å². The van der Waals surface area contributed by atoms with E-state index in [1.54, 1.807) is 30.3 Å². The third-order valence-corrected chi connectivity index (χ3v) is 2.67. The number of anilines is 2. The van der Waals surface area contributed by atoms with Crippen molar-refractivity contribution in [3.8, 4) is 6.07 Å². The first-order valence-corrected chi connectivity index (χ1v) is 6.16. The summed E-state index contributed by atoms with van der Waals surface area (Å²) in [4.78, 5) is 23.7. The molecule has 6 heteroatoms. The minimum Gasteiger partial charge on any atom is -0.462 e. The quantitative estimate of drug-likeness (QED) is 0.496. The molecule has 0 bridgehead atoms. The second-order valence-electron chi connectivity index (χ2n) is 4.12. The number of nitriles is 1. The second-order valence-corrected chi connectivity index (χ2v) is 4.12. The largest absolute Gasteiger partial charge is 0.462 e. The van der Waals surface area contributed by atoms with E-state index >= 15 is 0 Å². The molecule has 0 unspecified atom stereocenters. The minimum absolute atomic E-state index is 0.0905. The van der Waals surface area contributed by atoms with Crippen LogP contribution in [0, 0.1) is 11.3 Å². The Morgan fingerprint density at radius 3 is 2.55 bits per heavy atom. The maximum Gasteiger partial charge on any atom is 0.351 e. The lowest BCUT2D eigenvalue weighted by Gasteiger charge is -2.21. The van der Waals surface area contributed by atoms with Crippen molar-refractivity contribution in [2.75, 3.05) is 17.2 Å². The van der Waals surface area contributed by atoms with Crippen LogP contribution in [-0.4, -0.2) is 18.5 Å². The number of hydrogen-bond donors (Lipinski definition) is 2. The number of benzene rings is 1. The van der Waals surface area contributed by atoms with Crippen LogP contribution < -0.4 is 10.6 Å². The van der Waals surface area contributed by atoms with Crippen molar-refractivity contribution in [1.82, 2.24) is 0 Å². The maximum absolute atomic E-state index is 11.9. The summed E-state index contributed by atoms with van der Waals surface area (Å²) in [6.45, 7) is 2.05. The van der Waals surface area contributed by atoms with Crippen molar-refractivity contribution in [2.24, 2.45) is 0 Å². The molecule has 1 heterocycles. The van der Waals surface area contributed by atoms with Gasteiger partial charge in [-0.25, -0.2) is 4.79 Å². The molecule has 102 valence electrons. The van der Waals surface area contributed by atoms with Gasteiger partial charge in [-0.2, -0.15) is 5.26 Å². The van der Waals surface area contributed by atoms with E-state index in [0.29, 0.717) is 17.8 Å². The molecule has 2 rings (SSSR count). The predicted molar refractivity (Wildman–Crippen MR) is 72.6 cm³/mol. The van der Waals surface area contributed by atoms with Gasteiger partial charge in [-0.15, -0.1) is 0 Å². The summed E-state index contributed by atoms with van der Waals surface area (Å²) in [6, 6.07) is 8.74. The summed E-state index contributed by atoms with van der Waals surface area (Å²) in [6.07, 6.45) is 0.641. The van der Waals surface area contributed by atoms with Crippen LogP contribution >= 0.6 is 0 Å². The van der Waals surface area contributed by atoms with E-state index in [1.165, 1.54) is 0 Å². The van der Waals surface area contributed by atoms with Crippen LogP contribution in [0.3, 0.4) is 0 Å². The Labute approximate surface area is 116 Å². The van der Waals surface area contributed by atoms with E-state index in [1.807, 2.05) is 6.92 Å². The number of fused-ring (bicyclic) bond motifs is 1. The first kappa shape index (κ1) is 13.6. The first-order chi connectivity index (χ1) is 9.67. The lowest BCUT2D eigenvalue weighted by Crippen LogP contribution is -2.28. The topological polar surface area (TPSA) is 91.2 Å². The number of ether oxygens (including phenoxy) is 1. The summed E-state index contributed by atoms with van der Waals surface area (Å²) in [7, 11) is 0. The number of carbonyl (C=O) groups is 2. The third kappa shape index (κ3) is 2.62. The fourth-order valence-electron chi connectivity index (χ4n) is 1.72. The van der Waals surface area contributed by atoms with Gasteiger partial charge >= 0.3 is 5.97 Å². The first-order valence-electron chi connectivity index (χ1n) is 6.16. The van der Waals surface area contributed by atoms with Crippen LogP contribution in [0.4, 0.5) is 11.4 Å². The van der Waals surface area contributed by atoms with E-state index in [0.717, 1.165) is 0 Å². The predicted octanol–water partition coefficient (Wildman–Crippen LogP) is 1.78. The van der Waals surface area contributed by atoms with Crippen LogP contribution in [0.2, 0.25) is 0 Å². The highest BCUT2D eigenvalue weighted by Gasteiger charge is 2.27. The van der Waals surface area contributed by atoms with E-state index < -0.39 is 11.9 Å². The van der Waals surface area contributed by atoms with Gasteiger partial charge in [0.15, 0.2) is 5.57 Å². The molecular weight excluding hydrogens is 258 g/mol. The van der Waals surface area contributed by atoms with Gasteiger partial charge in [0.1, 0.15) is 11.8 Å². The molecule has 20 heavy (non-hydrogen) atoms. The van der Waals surface area contributed by atoms with E-state index in [9.17, 15) is 9.59 Å². The molecule has 2 N–H and O–H groups in total. The Bertz CT molecular complexity index is 629. The molecule has 0 saturated carbocycles. The van der Waals surface area contributed by atoms with Crippen molar-refractivity contribution in [3.63, 3.8) is 0 Å². The molecule has 0 radical (unpaired) electrons. The van der Waals surface area contributed by atoms with Gasteiger partial charge in [0, 0.05) is 0 Å². The lowest BCUT2D eigenvalue weighted by atomic mass is 10.1. The van der Waals surface area contributed by atoms with Crippen molar-refractivity contribution in [2.45, 2.75) is 13.3 Å². The average molecular weight is 271 g/mol. The maximum atomic E-state index is 11.9. The van der Waals surface area contributed by atoms with Crippen LogP contribution in [0.5, 0.6) is 0 Å². The molecule has 1 amide bonds. The summed E-state index contributed by atoms with van der Waals surface area (Å²) >= 11 is 0. The number of esters is 1. The van der Waals surface area contributed by atoms with Crippen LogP contribution in [0.25, 0.3) is 0 Å². The highest BCUT2D eigenvalue weighted by Crippen LogP contribution is 2.28. The van der Waals surface area contributed by atoms with Gasteiger partial charge in [0.05, 0.1) is 18.0 Å². The number of nitrogens with zero attached hydrogens (tertiary/aromatic N) is 1. The molecule has 1 aromatic rings. The van der Waals surface area contributed by atoms with Gasteiger partial charge in [0.25, 0.3) is 5.91 Å². The number of hydrogen-bond acceptors (Lipinski definition) is 5. The fraction of sp³-hybridized carbons (Fsp3) is 0.214. The van der Waals surface area contributed by atoms with Crippen molar-refractivity contribution in [1.29, 1.82) is 5.26 Å². The summed E-state index contributed by atoms with van der Waals surface area (Å²) in [5, 5.41) is 14.5. The lowest BCUT2D eigenvalue weighted by molar-refractivity contribution is -0.138. The number of carbonyl (C=O) groups excluding carboxylic acids is 2. The fourth-order valence-corrected chi connectivity index (χ4v) is 1.72. The zero-order chi connectivity index (χ0) is 14.5. The Balaban J connectivity index is 2.35. The molecule has 6 nitrogen and oxygen atoms in total. The van der Waals surface area contributed by atoms with E-state index in [4.69, 9.17) is 10.00 Å². The highest BCUT2D eigenvalue weighted by atomic mass is 16.5. The number of nitrogens with one attached hydrogen (secondary N) is 2. The number of amides is 1. The standard InChI is InChI=1S/C14H13N3O3/c1-2-7-20-14(19)9(8-15)12-13(18)17-11-6-4-3-5-10(11)16-12/h3-6,16H,2,7H2,1H3,(H,17,18)/b12-9+. The number of para-hydroxylation sites is 2. The molecule has 0 atom stereocenters. The zero-order valence-corrected chi connectivity index (χ0v) is 10.9. The molecule has 0 spiro atoms. The smallest absolute Gasteiger partial charge is 0.351 e.